The first-order valence-electron chi connectivity index (χ1n) is 7.86. The number of thioether (sulfide) groups is 1. The zero-order chi connectivity index (χ0) is 17.5. The molecule has 0 unspecified atom stereocenters. The zero-order valence-corrected chi connectivity index (χ0v) is 15.0. The van der Waals surface area contributed by atoms with Crippen LogP contribution in [0.5, 0.6) is 5.75 Å². The van der Waals surface area contributed by atoms with Crippen molar-refractivity contribution >= 4 is 17.7 Å². The predicted octanol–water partition coefficient (Wildman–Crippen LogP) is 2.06. The average molecular weight is 349 g/mol. The van der Waals surface area contributed by atoms with Gasteiger partial charge in [0.25, 0.3) is 0 Å². The number of hydrogen-bond acceptors (Lipinski definition) is 6. The molecule has 0 atom stereocenters. The number of benzene rings is 1. The largest absolute Gasteiger partial charge is 0.497 e. The number of rotatable bonds is 8. The molecule has 1 amide bonds. The smallest absolute Gasteiger partial charge is 0.230 e. The molecule has 3 N–H and O–H groups in total. The molecule has 1 aromatic heterocycles. The molecule has 8 heteroatoms. The summed E-state index contributed by atoms with van der Waals surface area (Å²) < 4.78 is 6.53. The number of ether oxygens (including phenoxy) is 1. The van der Waals surface area contributed by atoms with Crippen LogP contribution in [0.3, 0.4) is 0 Å². The summed E-state index contributed by atoms with van der Waals surface area (Å²) in [5, 5.41) is 11.7. The molecule has 0 saturated heterocycles. The number of nitrogens with one attached hydrogen (secondary N) is 1. The number of carbonyl (C=O) groups is 1. The lowest BCUT2D eigenvalue weighted by Gasteiger charge is -2.14. The van der Waals surface area contributed by atoms with Crippen molar-refractivity contribution in [2.45, 2.75) is 37.9 Å². The lowest BCUT2D eigenvalue weighted by Crippen LogP contribution is -2.35. The molecule has 2 aromatic rings. The van der Waals surface area contributed by atoms with E-state index in [4.69, 9.17) is 10.6 Å². The Kier molecular flexibility index (Phi) is 6.48. The van der Waals surface area contributed by atoms with Crippen LogP contribution in [0.4, 0.5) is 0 Å². The third-order valence-electron chi connectivity index (χ3n) is 3.70. The van der Waals surface area contributed by atoms with Crippen molar-refractivity contribution in [1.82, 2.24) is 20.2 Å². The summed E-state index contributed by atoms with van der Waals surface area (Å²) in [6, 6.07) is 7.60. The van der Waals surface area contributed by atoms with Gasteiger partial charge in [-0.15, -0.1) is 10.2 Å². The number of carbonyl (C=O) groups excluding carboxylic acids is 1. The van der Waals surface area contributed by atoms with Gasteiger partial charge in [-0.25, -0.2) is 4.68 Å². The quantitative estimate of drug-likeness (QED) is 0.559. The van der Waals surface area contributed by atoms with Crippen molar-refractivity contribution in [3.8, 4) is 17.1 Å². The summed E-state index contributed by atoms with van der Waals surface area (Å²) in [6.07, 6.45) is 1.84. The molecule has 0 spiro atoms. The van der Waals surface area contributed by atoms with Crippen LogP contribution in [-0.4, -0.2) is 39.7 Å². The number of nitrogens with two attached hydrogens (primary N) is 1. The Labute approximate surface area is 145 Å². The summed E-state index contributed by atoms with van der Waals surface area (Å²) in [4.78, 5) is 12.0. The number of methoxy groups -OCH3 is 1. The highest BCUT2D eigenvalue weighted by molar-refractivity contribution is 7.99. The van der Waals surface area contributed by atoms with Crippen LogP contribution in [0.1, 0.15) is 26.7 Å². The Bertz CT molecular complexity index is 668. The van der Waals surface area contributed by atoms with Gasteiger partial charge in [-0.2, -0.15) is 0 Å². The zero-order valence-electron chi connectivity index (χ0n) is 14.2. The maximum atomic E-state index is 12.0. The molecule has 0 aliphatic rings. The minimum absolute atomic E-state index is 0.0253. The van der Waals surface area contributed by atoms with Crippen LogP contribution in [-0.2, 0) is 4.79 Å². The fourth-order valence-corrected chi connectivity index (χ4v) is 2.87. The van der Waals surface area contributed by atoms with E-state index in [0.717, 1.165) is 24.2 Å². The average Bonchev–Trinajstić information content (AvgIpc) is 2.98. The van der Waals surface area contributed by atoms with E-state index >= 15 is 0 Å². The van der Waals surface area contributed by atoms with Gasteiger partial charge in [0, 0.05) is 11.6 Å². The molecule has 0 aliphatic heterocycles. The van der Waals surface area contributed by atoms with Crippen molar-refractivity contribution in [2.24, 2.45) is 0 Å². The van der Waals surface area contributed by atoms with Crippen LogP contribution < -0.4 is 15.9 Å². The molecule has 1 aromatic carbocycles. The van der Waals surface area contributed by atoms with E-state index in [9.17, 15) is 4.79 Å². The molecule has 2 rings (SSSR count). The van der Waals surface area contributed by atoms with Crippen LogP contribution in [0, 0.1) is 0 Å². The van der Waals surface area contributed by atoms with Gasteiger partial charge >= 0.3 is 0 Å². The molecular formula is C16H23N5O2S. The molecule has 0 radical (unpaired) electrons. The monoisotopic (exact) mass is 349 g/mol. The van der Waals surface area contributed by atoms with Gasteiger partial charge in [0.15, 0.2) is 5.82 Å². The van der Waals surface area contributed by atoms with Crippen molar-refractivity contribution in [1.29, 1.82) is 0 Å². The van der Waals surface area contributed by atoms with E-state index in [-0.39, 0.29) is 17.7 Å². The van der Waals surface area contributed by atoms with Crippen molar-refractivity contribution in [3.63, 3.8) is 0 Å². The van der Waals surface area contributed by atoms with Gasteiger partial charge in [0.2, 0.25) is 11.1 Å². The Morgan fingerprint density at radius 3 is 2.54 bits per heavy atom. The number of aromatic nitrogens is 3. The highest BCUT2D eigenvalue weighted by Crippen LogP contribution is 2.23. The van der Waals surface area contributed by atoms with Crippen LogP contribution >= 0.6 is 11.8 Å². The minimum atomic E-state index is -0.0253. The Balaban J connectivity index is 2.00. The first kappa shape index (κ1) is 18.1. The van der Waals surface area contributed by atoms with Gasteiger partial charge in [0.1, 0.15) is 5.75 Å². The van der Waals surface area contributed by atoms with Gasteiger partial charge in [0.05, 0.1) is 12.9 Å². The Hall–Kier alpha value is -2.22. The van der Waals surface area contributed by atoms with Gasteiger partial charge < -0.3 is 15.9 Å². The van der Waals surface area contributed by atoms with Gasteiger partial charge in [-0.1, -0.05) is 25.6 Å². The summed E-state index contributed by atoms with van der Waals surface area (Å²) in [5.74, 6) is 7.59. The molecule has 1 heterocycles. The number of hydrogen-bond donors (Lipinski definition) is 2. The van der Waals surface area contributed by atoms with E-state index in [1.165, 1.54) is 16.4 Å². The highest BCUT2D eigenvalue weighted by atomic mass is 32.2. The number of nitrogen functional groups attached to an aromatic ring is 1. The predicted molar refractivity (Wildman–Crippen MR) is 95.4 cm³/mol. The molecular weight excluding hydrogens is 326 g/mol. The van der Waals surface area contributed by atoms with Crippen LogP contribution in [0.25, 0.3) is 11.4 Å². The summed E-state index contributed by atoms with van der Waals surface area (Å²) in [5.41, 5.74) is 0.833. The normalized spacial score (nSPS) is 10.8. The topological polar surface area (TPSA) is 95.1 Å². The fourth-order valence-electron chi connectivity index (χ4n) is 2.20. The van der Waals surface area contributed by atoms with Gasteiger partial charge in [-0.3, -0.25) is 4.79 Å². The van der Waals surface area contributed by atoms with E-state index in [2.05, 4.69) is 29.4 Å². The first-order chi connectivity index (χ1) is 11.6. The molecule has 7 nitrogen and oxygen atoms in total. The second-order valence-electron chi connectivity index (χ2n) is 5.27. The molecule has 0 bridgehead atoms. The van der Waals surface area contributed by atoms with Gasteiger partial charge in [-0.05, 0) is 37.1 Å². The second kappa shape index (κ2) is 8.58. The lowest BCUT2D eigenvalue weighted by molar-refractivity contribution is -0.119. The van der Waals surface area contributed by atoms with Crippen molar-refractivity contribution in [2.75, 3.05) is 18.7 Å². The van der Waals surface area contributed by atoms with E-state index in [1.54, 1.807) is 7.11 Å². The molecule has 0 fully saturated rings. The van der Waals surface area contributed by atoms with Crippen LogP contribution in [0.15, 0.2) is 29.4 Å². The molecule has 0 saturated carbocycles. The molecule has 130 valence electrons. The van der Waals surface area contributed by atoms with E-state index in [0.29, 0.717) is 11.0 Å². The summed E-state index contributed by atoms with van der Waals surface area (Å²) >= 11 is 1.27. The van der Waals surface area contributed by atoms with E-state index in [1.807, 2.05) is 24.3 Å². The third kappa shape index (κ3) is 4.41. The highest BCUT2D eigenvalue weighted by Gasteiger charge is 2.15. The van der Waals surface area contributed by atoms with E-state index < -0.39 is 0 Å². The molecule has 0 aliphatic carbocycles. The number of amides is 1. The Morgan fingerprint density at radius 1 is 1.29 bits per heavy atom. The second-order valence-corrected chi connectivity index (χ2v) is 6.22. The maximum absolute atomic E-state index is 12.0. The fraction of sp³-hybridized carbons (Fsp3) is 0.438. The Morgan fingerprint density at radius 2 is 1.96 bits per heavy atom. The maximum Gasteiger partial charge on any atom is 0.230 e. The third-order valence-corrected chi connectivity index (χ3v) is 4.64. The SMILES string of the molecule is CCC(CC)NC(=O)CSc1nnc(-c2ccc(OC)cc2)n1N. The standard InChI is InChI=1S/C16H23N5O2S/c1-4-12(5-2)18-14(22)10-24-16-20-19-15(21(16)17)11-6-8-13(23-3)9-7-11/h6-9,12H,4-5,10,17H2,1-3H3,(H,18,22). The van der Waals surface area contributed by atoms with Crippen molar-refractivity contribution < 1.29 is 9.53 Å². The minimum Gasteiger partial charge on any atom is -0.497 e. The summed E-state index contributed by atoms with van der Waals surface area (Å²) in [7, 11) is 1.61. The first-order valence-corrected chi connectivity index (χ1v) is 8.84. The van der Waals surface area contributed by atoms with Crippen molar-refractivity contribution in [3.05, 3.63) is 24.3 Å². The number of nitrogens with zero attached hydrogens (tertiary/aromatic N) is 3. The molecule has 24 heavy (non-hydrogen) atoms. The van der Waals surface area contributed by atoms with Crippen LogP contribution in [0.2, 0.25) is 0 Å². The lowest BCUT2D eigenvalue weighted by atomic mass is 10.2. The summed E-state index contributed by atoms with van der Waals surface area (Å²) in [6.45, 7) is 4.11.